The number of hydrogen-bond donors (Lipinski definition) is 1. The zero-order chi connectivity index (χ0) is 14.7. The van der Waals surface area contributed by atoms with Crippen LogP contribution in [0.1, 0.15) is 33.6 Å². The van der Waals surface area contributed by atoms with Gasteiger partial charge in [-0.25, -0.2) is 9.78 Å². The number of anilines is 1. The van der Waals surface area contributed by atoms with Crippen LogP contribution in [0.5, 0.6) is 0 Å². The van der Waals surface area contributed by atoms with E-state index in [9.17, 15) is 9.59 Å². The van der Waals surface area contributed by atoms with Crippen LogP contribution < -0.4 is 5.32 Å². The predicted octanol–water partition coefficient (Wildman–Crippen LogP) is 1.61. The number of aromatic nitrogens is 3. The van der Waals surface area contributed by atoms with E-state index in [0.29, 0.717) is 10.8 Å². The summed E-state index contributed by atoms with van der Waals surface area (Å²) in [5.74, 6) is -0.864. The van der Waals surface area contributed by atoms with Gasteiger partial charge in [-0.1, -0.05) is 0 Å². The lowest BCUT2D eigenvalue weighted by atomic mass is 10.3. The number of aryl methyl sites for hydroxylation is 2. The number of hydrogen-bond acceptors (Lipinski definition) is 6. The fraction of sp³-hybridized carbons (Fsp3) is 0.333. The van der Waals surface area contributed by atoms with Gasteiger partial charge in [0.2, 0.25) is 0 Å². The molecule has 0 atom stereocenters. The van der Waals surface area contributed by atoms with Crippen LogP contribution in [0.25, 0.3) is 0 Å². The number of amides is 1. The van der Waals surface area contributed by atoms with Crippen molar-refractivity contribution in [3.05, 3.63) is 28.5 Å². The molecule has 0 aliphatic heterocycles. The second-order valence-corrected chi connectivity index (χ2v) is 4.87. The van der Waals surface area contributed by atoms with E-state index in [0.717, 1.165) is 17.0 Å². The number of thiazole rings is 1. The largest absolute Gasteiger partial charge is 0.461 e. The highest BCUT2D eigenvalue weighted by Crippen LogP contribution is 2.17. The highest BCUT2D eigenvalue weighted by Gasteiger charge is 2.15. The molecule has 8 heteroatoms. The minimum Gasteiger partial charge on any atom is -0.461 e. The second-order valence-electron chi connectivity index (χ2n) is 4.01. The highest BCUT2D eigenvalue weighted by molar-refractivity contribution is 7.14. The van der Waals surface area contributed by atoms with Crippen molar-refractivity contribution in [1.29, 1.82) is 0 Å². The van der Waals surface area contributed by atoms with E-state index >= 15 is 0 Å². The summed E-state index contributed by atoms with van der Waals surface area (Å²) in [7, 11) is 1.76. The number of carbonyl (C=O) groups excluding carboxylic acids is 2. The second kappa shape index (κ2) is 5.83. The first-order valence-corrected chi connectivity index (χ1v) is 6.84. The molecule has 0 spiro atoms. The summed E-state index contributed by atoms with van der Waals surface area (Å²) in [6.07, 6.45) is 0. The van der Waals surface area contributed by atoms with Crippen molar-refractivity contribution in [2.75, 3.05) is 11.9 Å². The average molecular weight is 294 g/mol. The monoisotopic (exact) mass is 294 g/mol. The molecule has 0 aliphatic carbocycles. The summed E-state index contributed by atoms with van der Waals surface area (Å²) in [5.41, 5.74) is 1.36. The van der Waals surface area contributed by atoms with Crippen LogP contribution in [-0.4, -0.2) is 33.2 Å². The molecule has 2 aromatic heterocycles. The number of esters is 1. The summed E-state index contributed by atoms with van der Waals surface area (Å²) in [4.78, 5) is 27.4. The first kappa shape index (κ1) is 14.2. The molecule has 106 valence electrons. The number of carbonyl (C=O) groups is 2. The van der Waals surface area contributed by atoms with Gasteiger partial charge >= 0.3 is 5.97 Å². The summed E-state index contributed by atoms with van der Waals surface area (Å²) in [6.45, 7) is 3.85. The molecular weight excluding hydrogens is 280 g/mol. The molecule has 2 heterocycles. The van der Waals surface area contributed by atoms with E-state index in [1.165, 1.54) is 5.38 Å². The van der Waals surface area contributed by atoms with Crippen LogP contribution in [0.3, 0.4) is 0 Å². The predicted molar refractivity (Wildman–Crippen MR) is 74.0 cm³/mol. The van der Waals surface area contributed by atoms with E-state index in [2.05, 4.69) is 15.4 Å². The van der Waals surface area contributed by atoms with Crippen molar-refractivity contribution in [2.45, 2.75) is 13.8 Å². The minimum atomic E-state index is -0.502. The normalized spacial score (nSPS) is 10.3. The number of rotatable bonds is 4. The Bertz CT molecular complexity index is 627. The molecule has 0 saturated carbocycles. The average Bonchev–Trinajstić information content (AvgIpc) is 2.98. The SMILES string of the molecule is CCOC(=O)c1csc(NC(=O)c2cc(C)n(C)n2)n1. The Morgan fingerprint density at radius 3 is 2.80 bits per heavy atom. The van der Waals surface area contributed by atoms with Crippen LogP contribution in [-0.2, 0) is 11.8 Å². The lowest BCUT2D eigenvalue weighted by Gasteiger charge is -1.98. The molecule has 0 aliphatic rings. The van der Waals surface area contributed by atoms with Crippen LogP contribution >= 0.6 is 11.3 Å². The maximum absolute atomic E-state index is 11.9. The Balaban J connectivity index is 2.07. The van der Waals surface area contributed by atoms with Crippen molar-refractivity contribution in [1.82, 2.24) is 14.8 Å². The fourth-order valence-corrected chi connectivity index (χ4v) is 2.14. The van der Waals surface area contributed by atoms with Gasteiger partial charge in [0, 0.05) is 18.1 Å². The van der Waals surface area contributed by atoms with Gasteiger partial charge in [-0.15, -0.1) is 11.3 Å². The summed E-state index contributed by atoms with van der Waals surface area (Å²) >= 11 is 1.16. The Labute approximate surface area is 119 Å². The van der Waals surface area contributed by atoms with Crippen LogP contribution in [0.4, 0.5) is 5.13 Å². The Morgan fingerprint density at radius 2 is 2.20 bits per heavy atom. The fourth-order valence-electron chi connectivity index (χ4n) is 1.46. The van der Waals surface area contributed by atoms with E-state index in [4.69, 9.17) is 4.74 Å². The Morgan fingerprint density at radius 1 is 1.45 bits per heavy atom. The van der Waals surface area contributed by atoms with Gasteiger partial charge < -0.3 is 4.74 Å². The molecule has 2 aromatic rings. The standard InChI is InChI=1S/C12H14N4O3S/c1-4-19-11(18)9-6-20-12(13-9)14-10(17)8-5-7(2)16(3)15-8/h5-6H,4H2,1-3H3,(H,13,14,17). The lowest BCUT2D eigenvalue weighted by molar-refractivity contribution is 0.0520. The van der Waals surface area contributed by atoms with Gasteiger partial charge in [0.25, 0.3) is 5.91 Å². The molecule has 0 radical (unpaired) electrons. The molecule has 0 saturated heterocycles. The van der Waals surface area contributed by atoms with E-state index in [-0.39, 0.29) is 18.2 Å². The first-order chi connectivity index (χ1) is 9.51. The molecule has 0 bridgehead atoms. The van der Waals surface area contributed by atoms with Crippen molar-refractivity contribution in [3.63, 3.8) is 0 Å². The third kappa shape index (κ3) is 3.02. The topological polar surface area (TPSA) is 86.1 Å². The first-order valence-electron chi connectivity index (χ1n) is 5.96. The van der Waals surface area contributed by atoms with Gasteiger partial charge in [-0.2, -0.15) is 5.10 Å². The van der Waals surface area contributed by atoms with Gasteiger partial charge in [-0.3, -0.25) is 14.8 Å². The maximum Gasteiger partial charge on any atom is 0.357 e. The van der Waals surface area contributed by atoms with Crippen molar-refractivity contribution in [3.8, 4) is 0 Å². The van der Waals surface area contributed by atoms with Crippen LogP contribution in [0.2, 0.25) is 0 Å². The maximum atomic E-state index is 11.9. The van der Waals surface area contributed by atoms with E-state index in [1.54, 1.807) is 24.7 Å². The third-order valence-electron chi connectivity index (χ3n) is 2.56. The molecular formula is C12H14N4O3S. The minimum absolute atomic E-state index is 0.185. The Hall–Kier alpha value is -2.22. The number of ether oxygens (including phenoxy) is 1. The van der Waals surface area contributed by atoms with Crippen molar-refractivity contribution < 1.29 is 14.3 Å². The molecule has 2 rings (SSSR count). The summed E-state index contributed by atoms with van der Waals surface area (Å²) in [6, 6.07) is 1.68. The van der Waals surface area contributed by atoms with E-state index < -0.39 is 5.97 Å². The van der Waals surface area contributed by atoms with Gasteiger partial charge in [0.15, 0.2) is 16.5 Å². The summed E-state index contributed by atoms with van der Waals surface area (Å²) in [5, 5.41) is 8.54. The Kier molecular flexibility index (Phi) is 4.14. The van der Waals surface area contributed by atoms with Crippen molar-refractivity contribution in [2.24, 2.45) is 7.05 Å². The third-order valence-corrected chi connectivity index (χ3v) is 3.31. The zero-order valence-electron chi connectivity index (χ0n) is 11.3. The molecule has 0 aromatic carbocycles. The molecule has 20 heavy (non-hydrogen) atoms. The van der Waals surface area contributed by atoms with Crippen LogP contribution in [0, 0.1) is 6.92 Å². The summed E-state index contributed by atoms with van der Waals surface area (Å²) < 4.78 is 6.44. The quantitative estimate of drug-likeness (QED) is 0.866. The molecule has 7 nitrogen and oxygen atoms in total. The van der Waals surface area contributed by atoms with Gasteiger partial charge in [0.05, 0.1) is 6.61 Å². The van der Waals surface area contributed by atoms with E-state index in [1.807, 2.05) is 6.92 Å². The molecule has 1 N–H and O–H groups in total. The number of nitrogens with one attached hydrogen (secondary N) is 1. The zero-order valence-corrected chi connectivity index (χ0v) is 12.2. The van der Waals surface area contributed by atoms with Crippen LogP contribution in [0.15, 0.2) is 11.4 Å². The molecule has 1 amide bonds. The molecule has 0 unspecified atom stereocenters. The van der Waals surface area contributed by atoms with Gasteiger partial charge in [0.1, 0.15) is 0 Å². The molecule has 0 fully saturated rings. The lowest BCUT2D eigenvalue weighted by Crippen LogP contribution is -2.13. The smallest absolute Gasteiger partial charge is 0.357 e. The highest BCUT2D eigenvalue weighted by atomic mass is 32.1. The van der Waals surface area contributed by atoms with Crippen molar-refractivity contribution >= 4 is 28.3 Å². The number of nitrogens with zero attached hydrogens (tertiary/aromatic N) is 3. The van der Waals surface area contributed by atoms with Gasteiger partial charge in [-0.05, 0) is 19.9 Å².